The van der Waals surface area contributed by atoms with Gasteiger partial charge in [0.15, 0.2) is 5.75 Å². The summed E-state index contributed by atoms with van der Waals surface area (Å²) >= 11 is 1.26. The molecule has 5 nitrogen and oxygen atoms in total. The molecule has 0 bridgehead atoms. The average Bonchev–Trinajstić information content (AvgIpc) is 2.72. The molecule has 2 amide bonds. The van der Waals surface area contributed by atoms with Gasteiger partial charge in [-0.2, -0.15) is 0 Å². The molecule has 0 radical (unpaired) electrons. The van der Waals surface area contributed by atoms with Crippen LogP contribution in [0.2, 0.25) is 0 Å². The van der Waals surface area contributed by atoms with Gasteiger partial charge < -0.3 is 15.4 Å². The summed E-state index contributed by atoms with van der Waals surface area (Å²) in [6.07, 6.45) is 0. The highest BCUT2D eigenvalue weighted by Crippen LogP contribution is 2.29. The van der Waals surface area contributed by atoms with Crippen LogP contribution in [0.3, 0.4) is 0 Å². The highest BCUT2D eigenvalue weighted by atomic mass is 32.2. The van der Waals surface area contributed by atoms with E-state index in [-0.39, 0.29) is 23.3 Å². The summed E-state index contributed by atoms with van der Waals surface area (Å²) in [5.41, 5.74) is 2.47. The standard InChI is InChI=1S/C23H22N2O3S/c1-17-11-13-18(14-12-17)24-22(26)15-29-16-23(27)25-20-9-5-6-10-21(20)28-19-7-3-2-4-8-19/h2-14H,15-16H2,1H3,(H,24,26)(H,25,27). The van der Waals surface area contributed by atoms with Gasteiger partial charge in [0.05, 0.1) is 17.2 Å². The fourth-order valence-corrected chi connectivity index (χ4v) is 3.15. The first kappa shape index (κ1) is 20.5. The monoisotopic (exact) mass is 406 g/mol. The van der Waals surface area contributed by atoms with E-state index in [1.165, 1.54) is 11.8 Å². The molecule has 29 heavy (non-hydrogen) atoms. The number of anilines is 2. The maximum Gasteiger partial charge on any atom is 0.234 e. The first-order valence-corrected chi connectivity index (χ1v) is 10.3. The lowest BCUT2D eigenvalue weighted by atomic mass is 10.2. The first-order valence-electron chi connectivity index (χ1n) is 9.16. The molecule has 3 aromatic carbocycles. The highest BCUT2D eigenvalue weighted by Gasteiger charge is 2.10. The third-order valence-electron chi connectivity index (χ3n) is 3.93. The van der Waals surface area contributed by atoms with Crippen molar-refractivity contribution in [1.82, 2.24) is 0 Å². The minimum atomic E-state index is -0.192. The summed E-state index contributed by atoms with van der Waals surface area (Å²) in [4.78, 5) is 24.3. The Balaban J connectivity index is 1.47. The van der Waals surface area contributed by atoms with Crippen LogP contribution in [0.4, 0.5) is 11.4 Å². The molecule has 0 atom stereocenters. The number of hydrogen-bond donors (Lipinski definition) is 2. The molecule has 6 heteroatoms. The van der Waals surface area contributed by atoms with Crippen LogP contribution in [0.25, 0.3) is 0 Å². The van der Waals surface area contributed by atoms with Crippen molar-refractivity contribution < 1.29 is 14.3 Å². The summed E-state index contributed by atoms with van der Waals surface area (Å²) in [6.45, 7) is 1.99. The van der Waals surface area contributed by atoms with Gasteiger partial charge in [0, 0.05) is 5.69 Å². The minimum Gasteiger partial charge on any atom is -0.455 e. The van der Waals surface area contributed by atoms with Crippen LogP contribution in [-0.2, 0) is 9.59 Å². The van der Waals surface area contributed by atoms with Gasteiger partial charge in [-0.3, -0.25) is 9.59 Å². The lowest BCUT2D eigenvalue weighted by Gasteiger charge is -2.12. The number of carbonyl (C=O) groups is 2. The largest absolute Gasteiger partial charge is 0.455 e. The van der Waals surface area contributed by atoms with E-state index in [1.54, 1.807) is 12.1 Å². The predicted octanol–water partition coefficient (Wildman–Crippen LogP) is 5.10. The molecule has 0 saturated heterocycles. The van der Waals surface area contributed by atoms with Crippen LogP contribution < -0.4 is 15.4 Å². The molecule has 0 unspecified atom stereocenters. The number of para-hydroxylation sites is 3. The molecule has 0 spiro atoms. The molecule has 0 saturated carbocycles. The van der Waals surface area contributed by atoms with Gasteiger partial charge in [-0.15, -0.1) is 11.8 Å². The van der Waals surface area contributed by atoms with E-state index in [9.17, 15) is 9.59 Å². The normalized spacial score (nSPS) is 10.2. The lowest BCUT2D eigenvalue weighted by Crippen LogP contribution is -2.18. The Kier molecular flexibility index (Phi) is 7.30. The van der Waals surface area contributed by atoms with E-state index in [0.717, 1.165) is 11.3 Å². The number of aryl methyl sites for hydroxylation is 1. The van der Waals surface area contributed by atoms with E-state index in [4.69, 9.17) is 4.74 Å². The number of hydrogen-bond acceptors (Lipinski definition) is 4. The molecular weight excluding hydrogens is 384 g/mol. The summed E-state index contributed by atoms with van der Waals surface area (Å²) in [5.74, 6) is 1.29. The van der Waals surface area contributed by atoms with Crippen LogP contribution >= 0.6 is 11.8 Å². The zero-order chi connectivity index (χ0) is 20.5. The smallest absolute Gasteiger partial charge is 0.234 e. The van der Waals surface area contributed by atoms with Crippen LogP contribution in [-0.4, -0.2) is 23.3 Å². The number of benzene rings is 3. The third-order valence-corrected chi connectivity index (χ3v) is 4.87. The second-order valence-electron chi connectivity index (χ2n) is 6.37. The summed E-state index contributed by atoms with van der Waals surface area (Å²) in [7, 11) is 0. The van der Waals surface area contributed by atoms with Crippen molar-refractivity contribution in [3.63, 3.8) is 0 Å². The number of amides is 2. The third kappa shape index (κ3) is 6.69. The average molecular weight is 407 g/mol. The van der Waals surface area contributed by atoms with Crippen molar-refractivity contribution in [2.24, 2.45) is 0 Å². The minimum absolute atomic E-state index is 0.139. The lowest BCUT2D eigenvalue weighted by molar-refractivity contribution is -0.114. The molecular formula is C23H22N2O3S. The van der Waals surface area contributed by atoms with Crippen LogP contribution in [0, 0.1) is 6.92 Å². The summed E-state index contributed by atoms with van der Waals surface area (Å²) in [6, 6.07) is 24.2. The predicted molar refractivity (Wildman–Crippen MR) is 119 cm³/mol. The van der Waals surface area contributed by atoms with Gasteiger partial charge in [-0.1, -0.05) is 48.0 Å². The molecule has 148 valence electrons. The van der Waals surface area contributed by atoms with E-state index in [2.05, 4.69) is 10.6 Å². The Morgan fingerprint density at radius 2 is 1.41 bits per heavy atom. The first-order chi connectivity index (χ1) is 14.1. The SMILES string of the molecule is Cc1ccc(NC(=O)CSCC(=O)Nc2ccccc2Oc2ccccc2)cc1. The Morgan fingerprint density at radius 3 is 2.14 bits per heavy atom. The van der Waals surface area contributed by atoms with Crippen LogP contribution in [0.15, 0.2) is 78.9 Å². The van der Waals surface area contributed by atoms with Crippen LogP contribution in [0.5, 0.6) is 11.5 Å². The second-order valence-corrected chi connectivity index (χ2v) is 7.35. The van der Waals surface area contributed by atoms with Crippen molar-refractivity contribution in [2.75, 3.05) is 22.1 Å². The fraction of sp³-hybridized carbons (Fsp3) is 0.130. The Hall–Kier alpha value is -3.25. The number of ether oxygens (including phenoxy) is 1. The molecule has 0 aliphatic rings. The molecule has 0 heterocycles. The second kappa shape index (κ2) is 10.3. The summed E-state index contributed by atoms with van der Waals surface area (Å²) < 4.78 is 5.84. The number of nitrogens with one attached hydrogen (secondary N) is 2. The topological polar surface area (TPSA) is 67.4 Å². The fourth-order valence-electron chi connectivity index (χ4n) is 2.53. The molecule has 3 aromatic rings. The molecule has 2 N–H and O–H groups in total. The van der Waals surface area contributed by atoms with Gasteiger partial charge in [0.25, 0.3) is 0 Å². The molecule has 3 rings (SSSR count). The Morgan fingerprint density at radius 1 is 0.793 bits per heavy atom. The van der Waals surface area contributed by atoms with Gasteiger partial charge in [-0.05, 0) is 43.3 Å². The highest BCUT2D eigenvalue weighted by molar-refractivity contribution is 8.00. The van der Waals surface area contributed by atoms with Crippen molar-refractivity contribution >= 4 is 35.0 Å². The van der Waals surface area contributed by atoms with Crippen LogP contribution in [0.1, 0.15) is 5.56 Å². The zero-order valence-corrected chi connectivity index (χ0v) is 16.9. The number of rotatable bonds is 8. The molecule has 0 aliphatic heterocycles. The number of thioether (sulfide) groups is 1. The van der Waals surface area contributed by atoms with E-state index in [0.29, 0.717) is 17.2 Å². The van der Waals surface area contributed by atoms with Crippen molar-refractivity contribution in [3.05, 3.63) is 84.4 Å². The van der Waals surface area contributed by atoms with Crippen molar-refractivity contribution in [3.8, 4) is 11.5 Å². The van der Waals surface area contributed by atoms with E-state index >= 15 is 0 Å². The van der Waals surface area contributed by atoms with Gasteiger partial charge in [0.1, 0.15) is 5.75 Å². The number of carbonyl (C=O) groups excluding carboxylic acids is 2. The van der Waals surface area contributed by atoms with E-state index < -0.39 is 0 Å². The maximum absolute atomic E-state index is 12.3. The Bertz CT molecular complexity index is 959. The Labute approximate surface area is 174 Å². The molecule has 0 aromatic heterocycles. The molecule has 0 fully saturated rings. The van der Waals surface area contributed by atoms with Gasteiger partial charge >= 0.3 is 0 Å². The molecule has 0 aliphatic carbocycles. The van der Waals surface area contributed by atoms with Crippen molar-refractivity contribution in [1.29, 1.82) is 0 Å². The van der Waals surface area contributed by atoms with Gasteiger partial charge in [-0.25, -0.2) is 0 Å². The van der Waals surface area contributed by atoms with Gasteiger partial charge in [0.2, 0.25) is 11.8 Å². The van der Waals surface area contributed by atoms with Crippen molar-refractivity contribution in [2.45, 2.75) is 6.92 Å². The maximum atomic E-state index is 12.3. The van der Waals surface area contributed by atoms with E-state index in [1.807, 2.05) is 73.7 Å². The summed E-state index contributed by atoms with van der Waals surface area (Å²) in [5, 5.41) is 5.66. The quantitative estimate of drug-likeness (QED) is 0.546. The zero-order valence-electron chi connectivity index (χ0n) is 16.1.